The maximum absolute atomic E-state index is 13.1. The van der Waals surface area contributed by atoms with Gasteiger partial charge in [0.25, 0.3) is 5.91 Å². The standard InChI is InChI=1S/C22H19FN4O2/c1-14-21(15(2)27(25-14)13-16-6-4-3-5-7-16)24-22(28)19-12-20(29-26-19)17-8-10-18(23)11-9-17/h3-12H,13H2,1-2H3,(H,24,28). The molecule has 0 saturated carbocycles. The number of nitrogens with zero attached hydrogens (tertiary/aromatic N) is 3. The topological polar surface area (TPSA) is 73.0 Å². The summed E-state index contributed by atoms with van der Waals surface area (Å²) < 4.78 is 20.2. The lowest BCUT2D eigenvalue weighted by atomic mass is 10.1. The summed E-state index contributed by atoms with van der Waals surface area (Å²) in [5.74, 6) is -0.347. The summed E-state index contributed by atoms with van der Waals surface area (Å²) in [6.07, 6.45) is 0. The van der Waals surface area contributed by atoms with Gasteiger partial charge in [-0.15, -0.1) is 0 Å². The summed E-state index contributed by atoms with van der Waals surface area (Å²) in [5.41, 5.74) is 4.12. The van der Waals surface area contributed by atoms with Crippen molar-refractivity contribution < 1.29 is 13.7 Å². The van der Waals surface area contributed by atoms with Gasteiger partial charge in [-0.3, -0.25) is 9.48 Å². The Morgan fingerprint density at radius 1 is 1.10 bits per heavy atom. The summed E-state index contributed by atoms with van der Waals surface area (Å²) in [7, 11) is 0. The van der Waals surface area contributed by atoms with Crippen molar-refractivity contribution >= 4 is 11.6 Å². The number of rotatable bonds is 5. The van der Waals surface area contributed by atoms with Crippen LogP contribution in [0.4, 0.5) is 10.1 Å². The molecule has 0 aliphatic carbocycles. The summed E-state index contributed by atoms with van der Waals surface area (Å²) in [4.78, 5) is 12.7. The van der Waals surface area contributed by atoms with Crippen LogP contribution in [-0.4, -0.2) is 20.8 Å². The lowest BCUT2D eigenvalue weighted by molar-refractivity contribution is 0.101. The van der Waals surface area contributed by atoms with E-state index >= 15 is 0 Å². The number of halogens is 1. The van der Waals surface area contributed by atoms with Crippen molar-refractivity contribution in [2.75, 3.05) is 5.32 Å². The van der Waals surface area contributed by atoms with E-state index < -0.39 is 5.91 Å². The molecular weight excluding hydrogens is 371 g/mol. The van der Waals surface area contributed by atoms with Crippen LogP contribution in [0.15, 0.2) is 65.2 Å². The second-order valence-corrected chi connectivity index (χ2v) is 6.73. The van der Waals surface area contributed by atoms with Crippen LogP contribution in [0, 0.1) is 19.7 Å². The Morgan fingerprint density at radius 2 is 1.83 bits per heavy atom. The molecule has 4 rings (SSSR count). The van der Waals surface area contributed by atoms with Gasteiger partial charge in [0, 0.05) is 11.6 Å². The quantitative estimate of drug-likeness (QED) is 0.541. The predicted molar refractivity (Wildman–Crippen MR) is 107 cm³/mol. The van der Waals surface area contributed by atoms with Crippen LogP contribution in [-0.2, 0) is 6.54 Å². The molecule has 0 unspecified atom stereocenters. The van der Waals surface area contributed by atoms with Crippen molar-refractivity contribution in [2.24, 2.45) is 0 Å². The number of carbonyl (C=O) groups is 1. The van der Waals surface area contributed by atoms with Gasteiger partial charge in [0.15, 0.2) is 11.5 Å². The van der Waals surface area contributed by atoms with Crippen molar-refractivity contribution in [3.63, 3.8) is 0 Å². The second kappa shape index (κ2) is 7.71. The highest BCUT2D eigenvalue weighted by molar-refractivity contribution is 6.03. The number of nitrogens with one attached hydrogen (secondary N) is 1. The van der Waals surface area contributed by atoms with Crippen LogP contribution >= 0.6 is 0 Å². The Hall–Kier alpha value is -3.74. The van der Waals surface area contributed by atoms with Gasteiger partial charge in [-0.1, -0.05) is 35.5 Å². The molecule has 0 bridgehead atoms. The Balaban J connectivity index is 1.52. The molecule has 6 nitrogen and oxygen atoms in total. The molecule has 0 aliphatic heterocycles. The Kier molecular flexibility index (Phi) is 4.95. The van der Waals surface area contributed by atoms with Crippen molar-refractivity contribution in [2.45, 2.75) is 20.4 Å². The minimum absolute atomic E-state index is 0.138. The first kappa shape index (κ1) is 18.6. The smallest absolute Gasteiger partial charge is 0.277 e. The molecule has 0 fully saturated rings. The monoisotopic (exact) mass is 390 g/mol. The number of carbonyl (C=O) groups excluding carboxylic acids is 1. The van der Waals surface area contributed by atoms with Gasteiger partial charge < -0.3 is 9.84 Å². The van der Waals surface area contributed by atoms with Crippen molar-refractivity contribution in [1.82, 2.24) is 14.9 Å². The van der Waals surface area contributed by atoms with E-state index in [1.165, 1.54) is 18.2 Å². The fourth-order valence-corrected chi connectivity index (χ4v) is 3.10. The molecule has 0 saturated heterocycles. The molecule has 2 aromatic carbocycles. The SMILES string of the molecule is Cc1nn(Cc2ccccc2)c(C)c1NC(=O)c1cc(-c2ccc(F)cc2)on1. The Bertz CT molecular complexity index is 1150. The Morgan fingerprint density at radius 3 is 2.55 bits per heavy atom. The third kappa shape index (κ3) is 3.94. The zero-order chi connectivity index (χ0) is 20.4. The van der Waals surface area contributed by atoms with Crippen LogP contribution in [0.3, 0.4) is 0 Å². The molecular formula is C22H19FN4O2. The highest BCUT2D eigenvalue weighted by Gasteiger charge is 2.18. The van der Waals surface area contributed by atoms with Gasteiger partial charge in [-0.2, -0.15) is 5.10 Å². The van der Waals surface area contributed by atoms with Gasteiger partial charge in [-0.25, -0.2) is 4.39 Å². The number of aromatic nitrogens is 3. The fraction of sp³-hybridized carbons (Fsp3) is 0.136. The maximum Gasteiger partial charge on any atom is 0.277 e. The predicted octanol–water partition coefficient (Wildman–Crippen LogP) is 4.59. The van der Waals surface area contributed by atoms with Gasteiger partial charge in [0.05, 0.1) is 23.6 Å². The highest BCUT2D eigenvalue weighted by Crippen LogP contribution is 2.24. The zero-order valence-electron chi connectivity index (χ0n) is 16.0. The van der Waals surface area contributed by atoms with Crippen molar-refractivity contribution in [1.29, 1.82) is 0 Å². The molecule has 146 valence electrons. The first-order valence-electron chi connectivity index (χ1n) is 9.13. The average molecular weight is 390 g/mol. The minimum Gasteiger partial charge on any atom is -0.355 e. The first-order chi connectivity index (χ1) is 14.0. The molecule has 1 N–H and O–H groups in total. The largest absolute Gasteiger partial charge is 0.355 e. The van der Waals surface area contributed by atoms with E-state index in [9.17, 15) is 9.18 Å². The van der Waals surface area contributed by atoms with Crippen LogP contribution in [0.2, 0.25) is 0 Å². The maximum atomic E-state index is 13.1. The van der Waals surface area contributed by atoms with Crippen LogP contribution in [0.5, 0.6) is 0 Å². The van der Waals surface area contributed by atoms with Gasteiger partial charge in [-0.05, 0) is 43.7 Å². The number of hydrogen-bond acceptors (Lipinski definition) is 4. The Labute approximate surface area is 167 Å². The van der Waals surface area contributed by atoms with Crippen LogP contribution in [0.1, 0.15) is 27.4 Å². The second-order valence-electron chi connectivity index (χ2n) is 6.73. The van der Waals surface area contributed by atoms with E-state index in [2.05, 4.69) is 15.6 Å². The number of aryl methyl sites for hydroxylation is 1. The van der Waals surface area contributed by atoms with Crippen molar-refractivity contribution in [3.05, 3.63) is 89.1 Å². The molecule has 2 aromatic heterocycles. The number of benzene rings is 2. The number of hydrogen-bond donors (Lipinski definition) is 1. The summed E-state index contributed by atoms with van der Waals surface area (Å²) in [6, 6.07) is 17.3. The molecule has 2 heterocycles. The molecule has 0 aliphatic rings. The van der Waals surface area contributed by atoms with Crippen LogP contribution in [0.25, 0.3) is 11.3 Å². The van der Waals surface area contributed by atoms with Crippen molar-refractivity contribution in [3.8, 4) is 11.3 Å². The lowest BCUT2D eigenvalue weighted by Gasteiger charge is -2.06. The summed E-state index contributed by atoms with van der Waals surface area (Å²) in [5, 5.41) is 11.2. The molecule has 1 amide bonds. The van der Waals surface area contributed by atoms with E-state index in [0.29, 0.717) is 29.2 Å². The van der Waals surface area contributed by atoms with Crippen LogP contribution < -0.4 is 5.32 Å². The van der Waals surface area contributed by atoms with Gasteiger partial charge in [0.1, 0.15) is 5.82 Å². The van der Waals surface area contributed by atoms with E-state index in [1.807, 2.05) is 48.9 Å². The van der Waals surface area contributed by atoms with Gasteiger partial charge >= 0.3 is 0 Å². The normalized spacial score (nSPS) is 10.9. The minimum atomic E-state index is -0.396. The average Bonchev–Trinajstić information content (AvgIpc) is 3.31. The molecule has 0 radical (unpaired) electrons. The lowest BCUT2D eigenvalue weighted by Crippen LogP contribution is -2.13. The summed E-state index contributed by atoms with van der Waals surface area (Å²) in [6.45, 7) is 4.37. The zero-order valence-corrected chi connectivity index (χ0v) is 16.0. The third-order valence-electron chi connectivity index (χ3n) is 4.67. The fourth-order valence-electron chi connectivity index (χ4n) is 3.10. The third-order valence-corrected chi connectivity index (χ3v) is 4.67. The number of anilines is 1. The van der Waals surface area contributed by atoms with E-state index in [0.717, 1.165) is 11.3 Å². The van der Waals surface area contributed by atoms with E-state index in [4.69, 9.17) is 4.52 Å². The molecule has 7 heteroatoms. The molecule has 4 aromatic rings. The van der Waals surface area contributed by atoms with Gasteiger partial charge in [0.2, 0.25) is 0 Å². The molecule has 0 spiro atoms. The molecule has 0 atom stereocenters. The first-order valence-corrected chi connectivity index (χ1v) is 9.13. The summed E-state index contributed by atoms with van der Waals surface area (Å²) >= 11 is 0. The number of amides is 1. The van der Waals surface area contributed by atoms with E-state index in [1.54, 1.807) is 12.1 Å². The van der Waals surface area contributed by atoms with E-state index in [-0.39, 0.29) is 11.5 Å². The highest BCUT2D eigenvalue weighted by atomic mass is 19.1. The molecule has 29 heavy (non-hydrogen) atoms.